The first kappa shape index (κ1) is 19.1. The van der Waals surface area contributed by atoms with Crippen LogP contribution in [0.5, 0.6) is 0 Å². The Bertz CT molecular complexity index is 1380. The van der Waals surface area contributed by atoms with Gasteiger partial charge in [0.05, 0.1) is 34.9 Å². The van der Waals surface area contributed by atoms with Gasteiger partial charge in [-0.1, -0.05) is 12.1 Å². The van der Waals surface area contributed by atoms with E-state index >= 15 is 0 Å². The van der Waals surface area contributed by atoms with Crippen molar-refractivity contribution in [2.75, 3.05) is 5.73 Å². The van der Waals surface area contributed by atoms with Crippen LogP contribution in [0.1, 0.15) is 5.56 Å². The summed E-state index contributed by atoms with van der Waals surface area (Å²) in [7, 11) is 0. The van der Waals surface area contributed by atoms with Crippen molar-refractivity contribution < 1.29 is 4.39 Å². The largest absolute Gasteiger partial charge is 0.383 e. The molecule has 0 radical (unpaired) electrons. The Labute approximate surface area is 182 Å². The molecule has 6 nitrogen and oxygen atoms in total. The predicted octanol–water partition coefficient (Wildman–Crippen LogP) is 5.00. The van der Waals surface area contributed by atoms with Gasteiger partial charge in [-0.15, -0.1) is 11.6 Å². The molecule has 0 aliphatic carbocycles. The average Bonchev–Trinajstić information content (AvgIpc) is 3.18. The number of hydrogen-bond donors (Lipinski definition) is 1. The molecule has 152 valence electrons. The Morgan fingerprint density at radius 1 is 0.935 bits per heavy atom. The van der Waals surface area contributed by atoms with Gasteiger partial charge in [0, 0.05) is 17.8 Å². The number of nitrogen functional groups attached to an aromatic ring is 1. The Morgan fingerprint density at radius 2 is 1.74 bits per heavy atom. The minimum Gasteiger partial charge on any atom is -0.383 e. The molecule has 0 bridgehead atoms. The number of alkyl halides is 1. The van der Waals surface area contributed by atoms with Crippen LogP contribution in [-0.2, 0) is 5.88 Å². The van der Waals surface area contributed by atoms with Crippen LogP contribution in [0.15, 0.2) is 73.2 Å². The van der Waals surface area contributed by atoms with Crippen LogP contribution < -0.4 is 5.73 Å². The second kappa shape index (κ2) is 7.77. The van der Waals surface area contributed by atoms with Gasteiger partial charge in [0.2, 0.25) is 0 Å². The Balaban J connectivity index is 1.77. The molecule has 0 unspecified atom stereocenters. The van der Waals surface area contributed by atoms with Crippen molar-refractivity contribution in [3.05, 3.63) is 84.6 Å². The molecular weight excluding hydrogens is 415 g/mol. The highest BCUT2D eigenvalue weighted by molar-refractivity contribution is 6.17. The van der Waals surface area contributed by atoms with Crippen LogP contribution in [0.3, 0.4) is 0 Å². The van der Waals surface area contributed by atoms with E-state index in [4.69, 9.17) is 22.3 Å². The Hall–Kier alpha value is -3.84. The molecule has 0 spiro atoms. The maximum atomic E-state index is 13.3. The summed E-state index contributed by atoms with van der Waals surface area (Å²) in [5.41, 5.74) is 11.4. The van der Waals surface area contributed by atoms with Crippen molar-refractivity contribution in [3.8, 4) is 28.5 Å². The number of anilines is 1. The van der Waals surface area contributed by atoms with Crippen LogP contribution in [0.25, 0.3) is 39.5 Å². The quantitative estimate of drug-likeness (QED) is 0.405. The van der Waals surface area contributed by atoms with Crippen LogP contribution in [0.2, 0.25) is 0 Å². The number of benzene rings is 1. The van der Waals surface area contributed by atoms with Crippen molar-refractivity contribution >= 4 is 28.5 Å². The van der Waals surface area contributed by atoms with Gasteiger partial charge in [-0.05, 0) is 48.0 Å². The van der Waals surface area contributed by atoms with E-state index in [9.17, 15) is 4.39 Å². The van der Waals surface area contributed by atoms with Crippen molar-refractivity contribution in [1.82, 2.24) is 24.5 Å². The third-order valence-corrected chi connectivity index (χ3v) is 5.27. The molecule has 0 aliphatic heterocycles. The minimum absolute atomic E-state index is 0.379. The van der Waals surface area contributed by atoms with Crippen molar-refractivity contribution in [2.45, 2.75) is 5.88 Å². The van der Waals surface area contributed by atoms with Gasteiger partial charge in [0.15, 0.2) is 0 Å². The molecule has 4 aromatic heterocycles. The number of aromatic nitrogens is 5. The molecule has 0 saturated carbocycles. The molecule has 0 amide bonds. The molecule has 4 heterocycles. The normalized spacial score (nSPS) is 11.2. The zero-order valence-corrected chi connectivity index (χ0v) is 17.0. The smallest absolute Gasteiger partial charge is 0.149 e. The number of nitrogens with zero attached hydrogens (tertiary/aromatic N) is 5. The molecule has 1 aromatic carbocycles. The van der Waals surface area contributed by atoms with Gasteiger partial charge >= 0.3 is 0 Å². The van der Waals surface area contributed by atoms with Crippen LogP contribution in [0.4, 0.5) is 10.2 Å². The molecule has 8 heteroatoms. The molecule has 31 heavy (non-hydrogen) atoms. The number of hydrogen-bond acceptors (Lipinski definition) is 5. The summed E-state index contributed by atoms with van der Waals surface area (Å²) in [4.78, 5) is 17.6. The highest BCUT2D eigenvalue weighted by Gasteiger charge is 2.18. The summed E-state index contributed by atoms with van der Waals surface area (Å²) < 4.78 is 15.3. The number of halogens is 2. The lowest BCUT2D eigenvalue weighted by Gasteiger charge is -2.11. The second-order valence-electron chi connectivity index (χ2n) is 6.93. The van der Waals surface area contributed by atoms with Crippen molar-refractivity contribution in [1.29, 1.82) is 0 Å². The first-order valence-corrected chi connectivity index (χ1v) is 10.0. The van der Waals surface area contributed by atoms with Crippen LogP contribution in [0, 0.1) is 5.82 Å². The first-order chi connectivity index (χ1) is 15.1. The molecule has 2 N–H and O–H groups in total. The summed E-state index contributed by atoms with van der Waals surface area (Å²) in [5, 5.41) is 0. The zero-order chi connectivity index (χ0) is 21.4. The van der Waals surface area contributed by atoms with Crippen LogP contribution >= 0.6 is 11.6 Å². The monoisotopic (exact) mass is 430 g/mol. The topological polar surface area (TPSA) is 82.5 Å². The molecule has 0 fully saturated rings. The highest BCUT2D eigenvalue weighted by Crippen LogP contribution is 2.32. The summed E-state index contributed by atoms with van der Waals surface area (Å²) in [5.74, 6) is 1.05. The maximum absolute atomic E-state index is 13.3. The second-order valence-corrected chi connectivity index (χ2v) is 7.19. The molecular formula is C23H16ClFN6. The fourth-order valence-electron chi connectivity index (χ4n) is 3.43. The Kier molecular flexibility index (Phi) is 4.80. The van der Waals surface area contributed by atoms with Gasteiger partial charge in [-0.3, -0.25) is 14.5 Å². The van der Waals surface area contributed by atoms with E-state index in [0.717, 1.165) is 16.8 Å². The fourth-order valence-corrected chi connectivity index (χ4v) is 3.61. The average molecular weight is 431 g/mol. The van der Waals surface area contributed by atoms with Crippen molar-refractivity contribution in [3.63, 3.8) is 0 Å². The number of nitrogens with two attached hydrogens (primary N) is 1. The summed E-state index contributed by atoms with van der Waals surface area (Å²) in [6.07, 6.45) is 4.49. The number of pyridine rings is 3. The molecule has 0 atom stereocenters. The standard InChI is InChI=1S/C23H16ClFN6/c24-11-14-3-6-16(7-4-14)31-21-10-19(18-8-5-15(25)12-28-18)29-13-20(21)30-23(31)17-2-1-9-27-22(17)26/h1-10,12-13H,11H2,(H2,26,27). The van der Waals surface area contributed by atoms with Crippen molar-refractivity contribution in [2.24, 2.45) is 0 Å². The number of fused-ring (bicyclic) bond motifs is 1. The lowest BCUT2D eigenvalue weighted by Crippen LogP contribution is -2.01. The number of rotatable bonds is 4. The lowest BCUT2D eigenvalue weighted by molar-refractivity contribution is 0.622. The fraction of sp³-hybridized carbons (Fsp3) is 0.0435. The SMILES string of the molecule is Nc1ncccc1-c1nc2cnc(-c3ccc(F)cn3)cc2n1-c1ccc(CCl)cc1. The van der Waals surface area contributed by atoms with E-state index in [2.05, 4.69) is 15.0 Å². The van der Waals surface area contributed by atoms with E-state index in [1.54, 1.807) is 18.5 Å². The van der Waals surface area contributed by atoms with E-state index in [1.165, 1.54) is 12.3 Å². The minimum atomic E-state index is -0.399. The van der Waals surface area contributed by atoms with Gasteiger partial charge in [0.25, 0.3) is 0 Å². The number of imidazole rings is 1. The molecule has 0 saturated heterocycles. The highest BCUT2D eigenvalue weighted by atomic mass is 35.5. The molecule has 5 rings (SSSR count). The summed E-state index contributed by atoms with van der Waals surface area (Å²) >= 11 is 5.96. The molecule has 5 aromatic rings. The summed E-state index contributed by atoms with van der Waals surface area (Å²) in [6, 6.07) is 16.4. The first-order valence-electron chi connectivity index (χ1n) is 9.50. The van der Waals surface area contributed by atoms with Gasteiger partial charge in [0.1, 0.15) is 23.0 Å². The van der Waals surface area contributed by atoms with Gasteiger partial charge in [-0.2, -0.15) is 0 Å². The summed E-state index contributed by atoms with van der Waals surface area (Å²) in [6.45, 7) is 0. The molecule has 0 aliphatic rings. The van der Waals surface area contributed by atoms with E-state index < -0.39 is 5.82 Å². The Morgan fingerprint density at radius 3 is 2.45 bits per heavy atom. The lowest BCUT2D eigenvalue weighted by atomic mass is 10.2. The third kappa shape index (κ3) is 3.49. The van der Waals surface area contributed by atoms with E-state index in [-0.39, 0.29) is 0 Å². The maximum Gasteiger partial charge on any atom is 0.149 e. The van der Waals surface area contributed by atoms with Gasteiger partial charge < -0.3 is 5.73 Å². The van der Waals surface area contributed by atoms with Gasteiger partial charge in [-0.25, -0.2) is 14.4 Å². The van der Waals surface area contributed by atoms with E-state index in [1.807, 2.05) is 47.0 Å². The van der Waals surface area contributed by atoms with E-state index in [0.29, 0.717) is 40.0 Å². The van der Waals surface area contributed by atoms with Crippen LogP contribution in [-0.4, -0.2) is 24.5 Å². The predicted molar refractivity (Wildman–Crippen MR) is 119 cm³/mol. The third-order valence-electron chi connectivity index (χ3n) is 4.96. The zero-order valence-electron chi connectivity index (χ0n) is 16.2.